The van der Waals surface area contributed by atoms with Crippen LogP contribution < -0.4 is 14.4 Å². The van der Waals surface area contributed by atoms with E-state index in [9.17, 15) is 0 Å². The Bertz CT molecular complexity index is 740. The highest BCUT2D eigenvalue weighted by Crippen LogP contribution is 2.28. The SMILES string of the molecule is COc1cc(CCC2CCN(c3ccc(C#N)nn3)CC2)cc(OC)c1. The van der Waals surface area contributed by atoms with Crippen LogP contribution in [-0.4, -0.2) is 37.5 Å². The predicted molar refractivity (Wildman–Crippen MR) is 99.6 cm³/mol. The van der Waals surface area contributed by atoms with Crippen LogP contribution in [0.3, 0.4) is 0 Å². The number of piperidine rings is 1. The quantitative estimate of drug-likeness (QED) is 0.795. The van der Waals surface area contributed by atoms with Gasteiger partial charge in [-0.2, -0.15) is 5.26 Å². The Morgan fingerprint density at radius 1 is 1.08 bits per heavy atom. The number of hydrogen-bond acceptors (Lipinski definition) is 6. The van der Waals surface area contributed by atoms with Crippen molar-refractivity contribution in [1.82, 2.24) is 10.2 Å². The highest BCUT2D eigenvalue weighted by atomic mass is 16.5. The zero-order valence-electron chi connectivity index (χ0n) is 15.3. The Morgan fingerprint density at radius 3 is 2.31 bits per heavy atom. The molecule has 6 heteroatoms. The van der Waals surface area contributed by atoms with Gasteiger partial charge in [-0.1, -0.05) is 0 Å². The van der Waals surface area contributed by atoms with E-state index < -0.39 is 0 Å². The Labute approximate surface area is 154 Å². The van der Waals surface area contributed by atoms with E-state index in [1.807, 2.05) is 18.2 Å². The summed E-state index contributed by atoms with van der Waals surface area (Å²) >= 11 is 0. The lowest BCUT2D eigenvalue weighted by atomic mass is 9.90. The van der Waals surface area contributed by atoms with Gasteiger partial charge < -0.3 is 14.4 Å². The van der Waals surface area contributed by atoms with Gasteiger partial charge in [0.25, 0.3) is 0 Å². The smallest absolute Gasteiger partial charge is 0.163 e. The number of ether oxygens (including phenoxy) is 2. The molecule has 0 spiro atoms. The number of hydrogen-bond donors (Lipinski definition) is 0. The number of methoxy groups -OCH3 is 2. The van der Waals surface area contributed by atoms with Gasteiger partial charge in [0.15, 0.2) is 11.5 Å². The minimum atomic E-state index is 0.359. The molecule has 0 N–H and O–H groups in total. The first-order valence-corrected chi connectivity index (χ1v) is 8.92. The van der Waals surface area contributed by atoms with E-state index in [-0.39, 0.29) is 0 Å². The van der Waals surface area contributed by atoms with Crippen LogP contribution in [0.1, 0.15) is 30.5 Å². The monoisotopic (exact) mass is 352 g/mol. The Balaban J connectivity index is 1.52. The molecule has 26 heavy (non-hydrogen) atoms. The number of anilines is 1. The topological polar surface area (TPSA) is 71.3 Å². The molecule has 2 heterocycles. The molecule has 1 aromatic heterocycles. The Kier molecular flexibility index (Phi) is 5.90. The van der Waals surface area contributed by atoms with Crippen molar-refractivity contribution >= 4 is 5.82 Å². The van der Waals surface area contributed by atoms with Crippen LogP contribution in [0.2, 0.25) is 0 Å². The van der Waals surface area contributed by atoms with Crippen LogP contribution in [0.15, 0.2) is 30.3 Å². The molecule has 1 aromatic carbocycles. The van der Waals surface area contributed by atoms with Crippen LogP contribution >= 0.6 is 0 Å². The first-order valence-electron chi connectivity index (χ1n) is 8.92. The molecule has 0 bridgehead atoms. The van der Waals surface area contributed by atoms with Crippen molar-refractivity contribution in [3.63, 3.8) is 0 Å². The third-order valence-electron chi connectivity index (χ3n) is 4.96. The van der Waals surface area contributed by atoms with Gasteiger partial charge in [-0.15, -0.1) is 10.2 Å². The third kappa shape index (κ3) is 4.42. The van der Waals surface area contributed by atoms with Crippen LogP contribution in [0.25, 0.3) is 0 Å². The number of nitrogens with zero attached hydrogens (tertiary/aromatic N) is 4. The normalized spacial score (nSPS) is 14.7. The zero-order valence-corrected chi connectivity index (χ0v) is 15.3. The predicted octanol–water partition coefficient (Wildman–Crippen LogP) is 3.21. The number of benzene rings is 1. The molecule has 1 fully saturated rings. The van der Waals surface area contributed by atoms with Crippen molar-refractivity contribution < 1.29 is 9.47 Å². The fraction of sp³-hybridized carbons (Fsp3) is 0.450. The van der Waals surface area contributed by atoms with Crippen LogP contribution in [0, 0.1) is 17.2 Å². The summed E-state index contributed by atoms with van der Waals surface area (Å²) < 4.78 is 10.7. The molecule has 0 radical (unpaired) electrons. The maximum Gasteiger partial charge on any atom is 0.163 e. The van der Waals surface area contributed by atoms with Crippen LogP contribution in [0.4, 0.5) is 5.82 Å². The molecule has 2 aromatic rings. The van der Waals surface area contributed by atoms with E-state index in [1.165, 1.54) is 5.56 Å². The van der Waals surface area contributed by atoms with E-state index >= 15 is 0 Å². The van der Waals surface area contributed by atoms with Crippen molar-refractivity contribution in [1.29, 1.82) is 5.26 Å². The standard InChI is InChI=1S/C20H24N4O2/c1-25-18-11-16(12-19(13-18)26-2)4-3-15-7-9-24(10-8-15)20-6-5-17(14-21)22-23-20/h5-6,11-13,15H,3-4,7-10H2,1-2H3. The molecular weight excluding hydrogens is 328 g/mol. The van der Waals surface area contributed by atoms with Gasteiger partial charge in [0.05, 0.1) is 14.2 Å². The number of aromatic nitrogens is 2. The molecule has 0 saturated carbocycles. The van der Waals surface area contributed by atoms with Gasteiger partial charge in [0.2, 0.25) is 0 Å². The lowest BCUT2D eigenvalue weighted by molar-refractivity contribution is 0.377. The molecule has 3 rings (SSSR count). The van der Waals surface area contributed by atoms with Crippen molar-refractivity contribution in [2.45, 2.75) is 25.7 Å². The van der Waals surface area contributed by atoms with E-state index in [1.54, 1.807) is 20.3 Å². The first kappa shape index (κ1) is 18.0. The van der Waals surface area contributed by atoms with Crippen molar-refractivity contribution in [3.05, 3.63) is 41.6 Å². The number of nitriles is 1. The molecule has 1 aliphatic rings. The largest absolute Gasteiger partial charge is 0.497 e. The summed E-state index contributed by atoms with van der Waals surface area (Å²) in [5.41, 5.74) is 1.61. The van der Waals surface area contributed by atoms with Crippen LogP contribution in [0.5, 0.6) is 11.5 Å². The summed E-state index contributed by atoms with van der Waals surface area (Å²) in [7, 11) is 3.36. The summed E-state index contributed by atoms with van der Waals surface area (Å²) in [6, 6.07) is 11.7. The second-order valence-corrected chi connectivity index (χ2v) is 6.58. The summed E-state index contributed by atoms with van der Waals surface area (Å²) in [4.78, 5) is 2.25. The third-order valence-corrected chi connectivity index (χ3v) is 4.96. The average molecular weight is 352 g/mol. The molecule has 0 unspecified atom stereocenters. The fourth-order valence-corrected chi connectivity index (χ4v) is 3.39. The molecule has 0 amide bonds. The zero-order chi connectivity index (χ0) is 18.4. The lowest BCUT2D eigenvalue weighted by Gasteiger charge is -2.32. The highest BCUT2D eigenvalue weighted by molar-refractivity contribution is 5.40. The summed E-state index contributed by atoms with van der Waals surface area (Å²) in [6.45, 7) is 1.96. The second-order valence-electron chi connectivity index (χ2n) is 6.58. The fourth-order valence-electron chi connectivity index (χ4n) is 3.39. The van der Waals surface area contributed by atoms with Gasteiger partial charge in [0, 0.05) is 19.2 Å². The molecule has 0 atom stereocenters. The number of aryl methyl sites for hydroxylation is 1. The Hall–Kier alpha value is -2.81. The van der Waals surface area contributed by atoms with Crippen molar-refractivity contribution in [3.8, 4) is 17.6 Å². The molecule has 0 aliphatic carbocycles. The van der Waals surface area contributed by atoms with Crippen LogP contribution in [-0.2, 0) is 6.42 Å². The minimum Gasteiger partial charge on any atom is -0.497 e. The van der Waals surface area contributed by atoms with E-state index in [0.717, 1.165) is 56.1 Å². The maximum atomic E-state index is 8.81. The van der Waals surface area contributed by atoms with Crippen molar-refractivity contribution in [2.75, 3.05) is 32.2 Å². The number of rotatable bonds is 6. The first-order chi connectivity index (χ1) is 12.7. The molecule has 1 aliphatic heterocycles. The van der Waals surface area contributed by atoms with E-state index in [2.05, 4.69) is 27.2 Å². The van der Waals surface area contributed by atoms with Gasteiger partial charge in [-0.05, 0) is 61.4 Å². The van der Waals surface area contributed by atoms with Gasteiger partial charge >= 0.3 is 0 Å². The summed E-state index contributed by atoms with van der Waals surface area (Å²) in [5, 5.41) is 16.9. The van der Waals surface area contributed by atoms with E-state index in [0.29, 0.717) is 11.6 Å². The molecular formula is C20H24N4O2. The van der Waals surface area contributed by atoms with E-state index in [4.69, 9.17) is 14.7 Å². The Morgan fingerprint density at radius 2 is 1.77 bits per heavy atom. The molecule has 1 saturated heterocycles. The summed E-state index contributed by atoms with van der Waals surface area (Å²) in [6.07, 6.45) is 4.46. The van der Waals surface area contributed by atoms with Crippen molar-refractivity contribution in [2.24, 2.45) is 5.92 Å². The van der Waals surface area contributed by atoms with Gasteiger partial charge in [0.1, 0.15) is 17.6 Å². The lowest BCUT2D eigenvalue weighted by Crippen LogP contribution is -2.34. The van der Waals surface area contributed by atoms with Gasteiger partial charge in [-0.25, -0.2) is 0 Å². The maximum absolute atomic E-state index is 8.81. The second kappa shape index (κ2) is 8.52. The average Bonchev–Trinajstić information content (AvgIpc) is 2.72. The van der Waals surface area contributed by atoms with Gasteiger partial charge in [-0.3, -0.25) is 0 Å². The molecule has 136 valence electrons. The minimum absolute atomic E-state index is 0.359. The summed E-state index contributed by atoms with van der Waals surface area (Å²) in [5.74, 6) is 3.25. The molecule has 6 nitrogen and oxygen atoms in total. The highest BCUT2D eigenvalue weighted by Gasteiger charge is 2.20.